The van der Waals surface area contributed by atoms with Crippen molar-refractivity contribution in [1.29, 1.82) is 0 Å². The maximum absolute atomic E-state index is 12.6. The molecule has 0 saturated carbocycles. The fraction of sp³-hybridized carbons (Fsp3) is 0. The van der Waals surface area contributed by atoms with Gasteiger partial charge in [0.1, 0.15) is 5.82 Å². The van der Waals surface area contributed by atoms with Crippen molar-refractivity contribution >= 4 is 17.2 Å². The van der Waals surface area contributed by atoms with Gasteiger partial charge in [-0.05, 0) is 0 Å². The molecule has 0 heterocycles. The highest BCUT2D eigenvalue weighted by molar-refractivity contribution is 7.54. The van der Waals surface area contributed by atoms with Crippen molar-refractivity contribution in [2.45, 2.75) is 0 Å². The third-order valence-corrected chi connectivity index (χ3v) is 1.37. The molecule has 0 unspecified atom stereocenters. The van der Waals surface area contributed by atoms with E-state index in [1.165, 1.54) is 0 Å². The van der Waals surface area contributed by atoms with Crippen LogP contribution < -0.4 is 0 Å². The van der Waals surface area contributed by atoms with Crippen LogP contribution in [0.2, 0.25) is 0 Å². The Morgan fingerprint density at radius 1 is 1.17 bits per heavy atom. The minimum Gasteiger partial charge on any atom is -0.207 e. The molecule has 0 bridgehead atoms. The maximum atomic E-state index is 12.6. The van der Waals surface area contributed by atoms with Gasteiger partial charge in [0.25, 0.3) is 0 Å². The van der Waals surface area contributed by atoms with E-state index >= 15 is 0 Å². The van der Waals surface area contributed by atoms with Crippen molar-refractivity contribution in [3.8, 4) is 0 Å². The van der Waals surface area contributed by atoms with Crippen molar-refractivity contribution in [2.75, 3.05) is 0 Å². The van der Waals surface area contributed by atoms with Crippen LogP contribution >= 0.6 is 0 Å². The lowest BCUT2D eigenvalue weighted by atomic mass is 10.3. The molecule has 0 saturated heterocycles. The molecule has 0 aliphatic heterocycles. The van der Waals surface area contributed by atoms with Crippen LogP contribution in [-0.4, -0.2) is 4.21 Å². The first-order chi connectivity index (χ1) is 5.65. The van der Waals surface area contributed by atoms with Crippen LogP contribution in [0.1, 0.15) is 0 Å². The van der Waals surface area contributed by atoms with E-state index in [-0.39, 0.29) is 11.5 Å². The first kappa shape index (κ1) is 8.92. The molecule has 0 N–H and O–H groups in total. The van der Waals surface area contributed by atoms with E-state index < -0.39 is 23.1 Å². The highest BCUT2D eigenvalue weighted by atomic mass is 32.1. The molecule has 12 heavy (non-hydrogen) atoms. The third kappa shape index (κ3) is 1.70. The highest BCUT2D eigenvalue weighted by Gasteiger charge is 2.09. The lowest BCUT2D eigenvalue weighted by molar-refractivity contribution is 0.547. The standard InChI is InChI=1S/C6H2F3NOS/c7-3-1-4(8)6(10-12-11)5(9)2-3/h1-2H. The molecule has 64 valence electrons. The Kier molecular flexibility index (Phi) is 2.59. The van der Waals surface area contributed by atoms with Gasteiger partial charge in [0, 0.05) is 12.1 Å². The van der Waals surface area contributed by atoms with Crippen LogP contribution in [0.25, 0.3) is 0 Å². The minimum atomic E-state index is -1.18. The van der Waals surface area contributed by atoms with Gasteiger partial charge in [0.2, 0.25) is 11.5 Å². The van der Waals surface area contributed by atoms with Crippen molar-refractivity contribution in [3.63, 3.8) is 0 Å². The number of benzene rings is 1. The Morgan fingerprint density at radius 2 is 1.67 bits per heavy atom. The van der Waals surface area contributed by atoms with Crippen molar-refractivity contribution in [3.05, 3.63) is 29.6 Å². The van der Waals surface area contributed by atoms with Crippen LogP contribution in [0, 0.1) is 17.5 Å². The third-order valence-electron chi connectivity index (χ3n) is 1.11. The smallest absolute Gasteiger partial charge is 0.205 e. The summed E-state index contributed by atoms with van der Waals surface area (Å²) < 4.78 is 50.1. The van der Waals surface area contributed by atoms with Gasteiger partial charge in [-0.1, -0.05) is 0 Å². The van der Waals surface area contributed by atoms with Gasteiger partial charge in [0.15, 0.2) is 17.3 Å². The van der Waals surface area contributed by atoms with E-state index in [2.05, 4.69) is 4.36 Å². The van der Waals surface area contributed by atoms with Gasteiger partial charge >= 0.3 is 0 Å². The highest BCUT2D eigenvalue weighted by Crippen LogP contribution is 2.22. The Hall–Kier alpha value is -1.17. The molecule has 0 aliphatic rings. The lowest BCUT2D eigenvalue weighted by Crippen LogP contribution is -1.85. The second kappa shape index (κ2) is 3.48. The number of halogens is 3. The van der Waals surface area contributed by atoms with Gasteiger partial charge in [-0.3, -0.25) is 0 Å². The molecule has 0 aromatic heterocycles. The Balaban J connectivity index is 3.37. The second-order valence-corrected chi connectivity index (χ2v) is 2.22. The Morgan fingerprint density at radius 3 is 2.08 bits per heavy atom. The molecule has 0 aliphatic carbocycles. The first-order valence-corrected chi connectivity index (χ1v) is 3.49. The Labute approximate surface area is 69.3 Å². The van der Waals surface area contributed by atoms with Crippen LogP contribution in [0.15, 0.2) is 16.5 Å². The van der Waals surface area contributed by atoms with Gasteiger partial charge in [-0.25, -0.2) is 13.2 Å². The van der Waals surface area contributed by atoms with Crippen molar-refractivity contribution in [2.24, 2.45) is 4.36 Å². The summed E-state index contributed by atoms with van der Waals surface area (Å²) in [5, 5.41) is 0. The van der Waals surface area contributed by atoms with Crippen molar-refractivity contribution < 1.29 is 17.4 Å². The van der Waals surface area contributed by atoms with Gasteiger partial charge in [-0.15, -0.1) is 0 Å². The zero-order valence-electron chi connectivity index (χ0n) is 5.55. The van der Waals surface area contributed by atoms with Gasteiger partial charge < -0.3 is 0 Å². The second-order valence-electron chi connectivity index (χ2n) is 1.88. The van der Waals surface area contributed by atoms with Crippen LogP contribution in [0.5, 0.6) is 0 Å². The van der Waals surface area contributed by atoms with E-state index in [0.717, 1.165) is 0 Å². The van der Waals surface area contributed by atoms with Crippen LogP contribution in [-0.2, 0) is 11.5 Å². The summed E-state index contributed by atoms with van der Waals surface area (Å²) in [4.78, 5) is 0. The summed E-state index contributed by atoms with van der Waals surface area (Å²) in [6, 6.07) is 0.913. The molecule has 1 aromatic rings. The average molecular weight is 193 g/mol. The van der Waals surface area contributed by atoms with E-state index in [4.69, 9.17) is 0 Å². The molecule has 0 amide bonds. The quantitative estimate of drug-likeness (QED) is 0.671. The van der Waals surface area contributed by atoms with Crippen LogP contribution in [0.3, 0.4) is 0 Å². The maximum Gasteiger partial charge on any atom is 0.205 e. The fourth-order valence-corrected chi connectivity index (χ4v) is 0.908. The summed E-state index contributed by atoms with van der Waals surface area (Å²) in [5.74, 6) is -3.41. The molecule has 0 atom stereocenters. The zero-order valence-corrected chi connectivity index (χ0v) is 6.37. The predicted molar refractivity (Wildman–Crippen MR) is 36.5 cm³/mol. The molecule has 1 aromatic carbocycles. The summed E-state index contributed by atoms with van der Waals surface area (Å²) in [6.45, 7) is 0. The summed E-state index contributed by atoms with van der Waals surface area (Å²) >= 11 is -0.339. The number of nitrogens with zero attached hydrogens (tertiary/aromatic N) is 1. The SMILES string of the molecule is O=S=Nc1c(F)cc(F)cc1F. The number of rotatable bonds is 1. The van der Waals surface area contributed by atoms with E-state index in [1.54, 1.807) is 0 Å². The molecule has 0 fully saturated rings. The molecule has 2 nitrogen and oxygen atoms in total. The predicted octanol–water partition coefficient (Wildman–Crippen LogP) is 2.13. The molecule has 0 radical (unpaired) electrons. The summed E-state index contributed by atoms with van der Waals surface area (Å²) in [6.07, 6.45) is 0. The topological polar surface area (TPSA) is 29.4 Å². The van der Waals surface area contributed by atoms with E-state index in [9.17, 15) is 17.4 Å². The molecule has 1 rings (SSSR count). The summed E-state index contributed by atoms with van der Waals surface area (Å²) in [5.41, 5.74) is -0.753. The normalized spacial score (nSPS) is 9.58. The number of hydrogen-bond donors (Lipinski definition) is 0. The molecular weight excluding hydrogens is 191 g/mol. The largest absolute Gasteiger partial charge is 0.207 e. The zero-order chi connectivity index (χ0) is 9.14. The molecular formula is C6H2F3NOS. The van der Waals surface area contributed by atoms with Gasteiger partial charge in [-0.2, -0.15) is 8.57 Å². The van der Waals surface area contributed by atoms with Crippen LogP contribution in [0.4, 0.5) is 18.9 Å². The minimum absolute atomic E-state index is 0.339. The number of hydrogen-bond acceptors (Lipinski definition) is 2. The van der Waals surface area contributed by atoms with Gasteiger partial charge in [0.05, 0.1) is 0 Å². The lowest BCUT2D eigenvalue weighted by Gasteiger charge is -1.95. The van der Waals surface area contributed by atoms with Crippen molar-refractivity contribution in [1.82, 2.24) is 0 Å². The molecule has 0 spiro atoms. The average Bonchev–Trinajstić information content (AvgIpc) is 1.96. The van der Waals surface area contributed by atoms with E-state index in [0.29, 0.717) is 12.1 Å². The first-order valence-electron chi connectivity index (χ1n) is 2.79. The fourth-order valence-electron chi connectivity index (χ4n) is 0.659. The molecule has 6 heteroatoms. The monoisotopic (exact) mass is 193 g/mol. The summed E-state index contributed by atoms with van der Waals surface area (Å²) in [7, 11) is 0. The Bertz CT molecular complexity index is 339. The van der Waals surface area contributed by atoms with E-state index in [1.807, 2.05) is 0 Å².